The van der Waals surface area contributed by atoms with E-state index in [1.54, 1.807) is 0 Å². The number of nitrogens with two attached hydrogens (primary N) is 1. The lowest BCUT2D eigenvalue weighted by Gasteiger charge is -2.23. The van der Waals surface area contributed by atoms with E-state index in [1.165, 1.54) is 11.3 Å². The van der Waals surface area contributed by atoms with Crippen LogP contribution in [0.1, 0.15) is 12.5 Å². The fourth-order valence-corrected chi connectivity index (χ4v) is 1.70. The van der Waals surface area contributed by atoms with E-state index in [-0.39, 0.29) is 37.3 Å². The van der Waals surface area contributed by atoms with Crippen LogP contribution in [0.2, 0.25) is 0 Å². The molecular formula is C13H23Cl2N3O. The lowest BCUT2D eigenvalue weighted by molar-refractivity contribution is -0.119. The molecular weight excluding hydrogens is 285 g/mol. The van der Waals surface area contributed by atoms with Crippen molar-refractivity contribution in [3.63, 3.8) is 0 Å². The number of hydrogen-bond acceptors (Lipinski definition) is 3. The van der Waals surface area contributed by atoms with Gasteiger partial charge in [-0.1, -0.05) is 12.1 Å². The molecule has 3 N–H and O–H groups in total. The Morgan fingerprint density at radius 2 is 2.05 bits per heavy atom. The maximum atomic E-state index is 11.0. The van der Waals surface area contributed by atoms with Gasteiger partial charge in [0.2, 0.25) is 5.91 Å². The smallest absolute Gasteiger partial charge is 0.233 e. The molecule has 0 bridgehead atoms. The Balaban J connectivity index is 0. The summed E-state index contributed by atoms with van der Waals surface area (Å²) in [4.78, 5) is 13.2. The number of hydrogen-bond donors (Lipinski definition) is 2. The average molecular weight is 308 g/mol. The monoisotopic (exact) mass is 307 g/mol. The molecule has 0 saturated carbocycles. The molecule has 4 nitrogen and oxygen atoms in total. The number of halogens is 2. The van der Waals surface area contributed by atoms with E-state index >= 15 is 0 Å². The van der Waals surface area contributed by atoms with Crippen LogP contribution < -0.4 is 16.0 Å². The topological polar surface area (TPSA) is 58.4 Å². The summed E-state index contributed by atoms with van der Waals surface area (Å²) in [7, 11) is 0. The number of aryl methyl sites for hydroxylation is 1. The van der Waals surface area contributed by atoms with Gasteiger partial charge in [-0.25, -0.2) is 0 Å². The van der Waals surface area contributed by atoms with Gasteiger partial charge in [0, 0.05) is 25.3 Å². The molecule has 0 aromatic heterocycles. The number of amides is 1. The van der Waals surface area contributed by atoms with E-state index in [0.29, 0.717) is 6.54 Å². The van der Waals surface area contributed by atoms with Crippen LogP contribution in [0, 0.1) is 6.92 Å². The summed E-state index contributed by atoms with van der Waals surface area (Å²) >= 11 is 0. The third-order valence-electron chi connectivity index (χ3n) is 2.64. The van der Waals surface area contributed by atoms with E-state index in [4.69, 9.17) is 5.73 Å². The van der Waals surface area contributed by atoms with Crippen LogP contribution in [-0.2, 0) is 4.79 Å². The van der Waals surface area contributed by atoms with Gasteiger partial charge in [0.1, 0.15) is 0 Å². The Morgan fingerprint density at radius 3 is 2.58 bits per heavy atom. The molecule has 1 aromatic rings. The summed E-state index contributed by atoms with van der Waals surface area (Å²) in [6.45, 7) is 6.57. The second kappa shape index (κ2) is 10.9. The molecule has 0 unspecified atom stereocenters. The second-order valence-electron chi connectivity index (χ2n) is 3.97. The van der Waals surface area contributed by atoms with E-state index < -0.39 is 0 Å². The zero-order valence-electron chi connectivity index (χ0n) is 11.4. The minimum Gasteiger partial charge on any atom is -0.370 e. The Labute approximate surface area is 127 Å². The molecule has 0 saturated heterocycles. The van der Waals surface area contributed by atoms with Crippen molar-refractivity contribution in [2.24, 2.45) is 5.73 Å². The van der Waals surface area contributed by atoms with E-state index in [2.05, 4.69) is 42.3 Å². The largest absolute Gasteiger partial charge is 0.370 e. The number of carbonyl (C=O) groups is 1. The predicted molar refractivity (Wildman–Crippen MR) is 85.6 cm³/mol. The number of nitrogens with zero attached hydrogens (tertiary/aromatic N) is 1. The number of anilines is 1. The summed E-state index contributed by atoms with van der Waals surface area (Å²) in [5, 5.41) is 2.78. The maximum absolute atomic E-state index is 11.0. The van der Waals surface area contributed by atoms with Gasteiger partial charge in [-0.2, -0.15) is 0 Å². The summed E-state index contributed by atoms with van der Waals surface area (Å²) < 4.78 is 0. The summed E-state index contributed by atoms with van der Waals surface area (Å²) in [5.74, 6) is -0.106. The molecule has 0 aliphatic rings. The number of nitrogens with one attached hydrogen (secondary N) is 1. The predicted octanol–water partition coefficient (Wildman–Crippen LogP) is 1.74. The quantitative estimate of drug-likeness (QED) is 0.841. The third-order valence-corrected chi connectivity index (χ3v) is 2.64. The molecule has 0 aliphatic carbocycles. The number of benzene rings is 1. The summed E-state index contributed by atoms with van der Waals surface area (Å²) in [6, 6.07) is 8.36. The highest BCUT2D eigenvalue weighted by atomic mass is 35.5. The lowest BCUT2D eigenvalue weighted by Crippen LogP contribution is -2.37. The van der Waals surface area contributed by atoms with Crippen molar-refractivity contribution in [2.45, 2.75) is 13.8 Å². The molecule has 6 heteroatoms. The van der Waals surface area contributed by atoms with Gasteiger partial charge < -0.3 is 16.0 Å². The van der Waals surface area contributed by atoms with E-state index in [1.807, 2.05) is 6.07 Å². The number of carbonyl (C=O) groups excluding carboxylic acids is 1. The lowest BCUT2D eigenvalue weighted by atomic mass is 10.2. The number of rotatable bonds is 6. The minimum atomic E-state index is -0.106. The molecule has 1 amide bonds. The van der Waals surface area contributed by atoms with Crippen LogP contribution in [-0.4, -0.2) is 32.1 Å². The second-order valence-corrected chi connectivity index (χ2v) is 3.97. The Morgan fingerprint density at radius 1 is 1.37 bits per heavy atom. The van der Waals surface area contributed by atoms with Gasteiger partial charge in [0.05, 0.1) is 6.54 Å². The van der Waals surface area contributed by atoms with Gasteiger partial charge >= 0.3 is 0 Å². The first kappa shape index (κ1) is 20.3. The Kier molecular flexibility index (Phi) is 11.7. The molecule has 0 spiro atoms. The fourth-order valence-electron chi connectivity index (χ4n) is 1.70. The van der Waals surface area contributed by atoms with Crippen molar-refractivity contribution in [3.8, 4) is 0 Å². The summed E-state index contributed by atoms with van der Waals surface area (Å²) in [5.41, 5.74) is 7.66. The minimum absolute atomic E-state index is 0. The molecule has 0 aliphatic heterocycles. The van der Waals surface area contributed by atoms with Crippen molar-refractivity contribution < 1.29 is 4.79 Å². The molecule has 19 heavy (non-hydrogen) atoms. The van der Waals surface area contributed by atoms with Crippen LogP contribution in [0.5, 0.6) is 0 Å². The first-order valence-corrected chi connectivity index (χ1v) is 5.95. The zero-order chi connectivity index (χ0) is 12.7. The van der Waals surface area contributed by atoms with Crippen molar-refractivity contribution in [3.05, 3.63) is 29.8 Å². The standard InChI is InChI=1S/C13H21N3O.2ClH/c1-3-16(8-7-15-13(17)10-14)12-6-4-5-11(2)9-12;;/h4-6,9H,3,7-8,10,14H2,1-2H3,(H,15,17);2*1H. The van der Waals surface area contributed by atoms with Crippen molar-refractivity contribution in [2.75, 3.05) is 31.1 Å². The van der Waals surface area contributed by atoms with Gasteiger partial charge in [0.15, 0.2) is 0 Å². The van der Waals surface area contributed by atoms with Gasteiger partial charge in [0.25, 0.3) is 0 Å². The number of likely N-dealkylation sites (N-methyl/N-ethyl adjacent to an activating group) is 1. The summed E-state index contributed by atoms with van der Waals surface area (Å²) in [6.07, 6.45) is 0. The first-order valence-electron chi connectivity index (χ1n) is 5.95. The SMILES string of the molecule is CCN(CCNC(=O)CN)c1cccc(C)c1.Cl.Cl. The van der Waals surface area contributed by atoms with Crippen LogP contribution in [0.25, 0.3) is 0 Å². The highest BCUT2D eigenvalue weighted by Gasteiger charge is 2.04. The molecule has 0 radical (unpaired) electrons. The Bertz CT molecular complexity index is 375. The van der Waals surface area contributed by atoms with Crippen molar-refractivity contribution in [1.82, 2.24) is 5.32 Å². The first-order chi connectivity index (χ1) is 8.17. The molecule has 0 atom stereocenters. The average Bonchev–Trinajstić information content (AvgIpc) is 2.34. The molecule has 0 heterocycles. The van der Waals surface area contributed by atoms with Crippen molar-refractivity contribution >= 4 is 36.4 Å². The van der Waals surface area contributed by atoms with Crippen LogP contribution in [0.4, 0.5) is 5.69 Å². The molecule has 1 aromatic carbocycles. The van der Waals surface area contributed by atoms with Gasteiger partial charge in [-0.15, -0.1) is 24.8 Å². The Hall–Kier alpha value is -0.970. The van der Waals surface area contributed by atoms with Gasteiger partial charge in [-0.3, -0.25) is 4.79 Å². The highest BCUT2D eigenvalue weighted by Crippen LogP contribution is 2.14. The van der Waals surface area contributed by atoms with E-state index in [0.717, 1.165) is 13.1 Å². The van der Waals surface area contributed by atoms with Crippen molar-refractivity contribution in [1.29, 1.82) is 0 Å². The highest BCUT2D eigenvalue weighted by molar-refractivity contribution is 5.85. The van der Waals surface area contributed by atoms with Crippen LogP contribution in [0.3, 0.4) is 0 Å². The van der Waals surface area contributed by atoms with Gasteiger partial charge in [-0.05, 0) is 31.5 Å². The molecule has 1 rings (SSSR count). The van der Waals surface area contributed by atoms with E-state index in [9.17, 15) is 4.79 Å². The normalized spacial score (nSPS) is 9.00. The molecule has 110 valence electrons. The maximum Gasteiger partial charge on any atom is 0.233 e. The van der Waals surface area contributed by atoms with Crippen LogP contribution >= 0.6 is 24.8 Å². The van der Waals surface area contributed by atoms with Crippen LogP contribution in [0.15, 0.2) is 24.3 Å². The zero-order valence-corrected chi connectivity index (χ0v) is 13.0. The molecule has 0 fully saturated rings. The third kappa shape index (κ3) is 7.25. The fraction of sp³-hybridized carbons (Fsp3) is 0.462.